The van der Waals surface area contributed by atoms with E-state index in [1.54, 1.807) is 0 Å². The highest BCUT2D eigenvalue weighted by atomic mass is 16.5. The molecule has 1 aliphatic heterocycles. The van der Waals surface area contributed by atoms with Gasteiger partial charge in [0.2, 0.25) is 5.89 Å². The SMILES string of the molecule is Cc1ccccc1-c1cnc(CN2CCOC[C@@H]2[C@H]2CCC[C@@H]2O)o1. The number of ether oxygens (including phenoxy) is 1. The summed E-state index contributed by atoms with van der Waals surface area (Å²) in [6.07, 6.45) is 4.70. The zero-order valence-electron chi connectivity index (χ0n) is 14.7. The van der Waals surface area contributed by atoms with E-state index < -0.39 is 0 Å². The molecule has 0 bridgehead atoms. The number of nitrogens with zero attached hydrogens (tertiary/aromatic N) is 2. The van der Waals surface area contributed by atoms with Crippen molar-refractivity contribution < 1.29 is 14.3 Å². The molecular formula is C20H26N2O3. The molecule has 2 heterocycles. The van der Waals surface area contributed by atoms with Gasteiger partial charge in [-0.1, -0.05) is 30.7 Å². The minimum absolute atomic E-state index is 0.207. The summed E-state index contributed by atoms with van der Waals surface area (Å²) in [4.78, 5) is 6.87. The highest BCUT2D eigenvalue weighted by Gasteiger charge is 2.37. The van der Waals surface area contributed by atoms with Crippen LogP contribution in [0.15, 0.2) is 34.9 Å². The first-order valence-corrected chi connectivity index (χ1v) is 9.23. The lowest BCUT2D eigenvalue weighted by Gasteiger charge is -2.39. The van der Waals surface area contributed by atoms with Crippen LogP contribution in [0.1, 0.15) is 30.7 Å². The fourth-order valence-electron chi connectivity index (χ4n) is 4.20. The van der Waals surface area contributed by atoms with Crippen LogP contribution in [0.2, 0.25) is 0 Å². The predicted octanol–water partition coefficient (Wildman–Crippen LogP) is 3.01. The van der Waals surface area contributed by atoms with Crippen LogP contribution in [-0.4, -0.2) is 46.9 Å². The standard InChI is InChI=1S/C20H26N2O3/c1-14-5-2-3-6-15(14)19-11-21-20(25-19)12-22-9-10-24-13-17(22)16-7-4-8-18(16)23/h2-3,5-6,11,16-18,23H,4,7-10,12-13H2,1H3/t16-,17-,18+/m1/s1. The first kappa shape index (κ1) is 16.8. The van der Waals surface area contributed by atoms with Crippen LogP contribution in [0.3, 0.4) is 0 Å². The molecule has 2 fully saturated rings. The average molecular weight is 342 g/mol. The summed E-state index contributed by atoms with van der Waals surface area (Å²) < 4.78 is 11.7. The molecule has 1 aliphatic carbocycles. The molecule has 1 saturated heterocycles. The minimum atomic E-state index is -0.207. The third-order valence-electron chi connectivity index (χ3n) is 5.61. The summed E-state index contributed by atoms with van der Waals surface area (Å²) in [6.45, 7) is 5.02. The van der Waals surface area contributed by atoms with Crippen molar-refractivity contribution in [2.75, 3.05) is 19.8 Å². The van der Waals surface area contributed by atoms with Gasteiger partial charge < -0.3 is 14.3 Å². The second kappa shape index (κ2) is 7.28. The molecule has 1 aromatic heterocycles. The Balaban J connectivity index is 1.50. The second-order valence-electron chi connectivity index (χ2n) is 7.21. The van der Waals surface area contributed by atoms with Crippen LogP contribution in [0.5, 0.6) is 0 Å². The van der Waals surface area contributed by atoms with Crippen LogP contribution >= 0.6 is 0 Å². The summed E-state index contributed by atoms with van der Waals surface area (Å²) in [6, 6.07) is 8.44. The van der Waals surface area contributed by atoms with Gasteiger partial charge in [0.25, 0.3) is 0 Å². The van der Waals surface area contributed by atoms with Gasteiger partial charge in [-0.3, -0.25) is 4.90 Å². The van der Waals surface area contributed by atoms with Crippen LogP contribution < -0.4 is 0 Å². The topological polar surface area (TPSA) is 58.7 Å². The number of rotatable bonds is 4. The van der Waals surface area contributed by atoms with E-state index in [0.717, 1.165) is 49.6 Å². The summed E-state index contributed by atoms with van der Waals surface area (Å²) in [5.74, 6) is 1.85. The molecule has 5 heteroatoms. The first-order valence-electron chi connectivity index (χ1n) is 9.23. The average Bonchev–Trinajstić information content (AvgIpc) is 3.25. The summed E-state index contributed by atoms with van der Waals surface area (Å²) in [7, 11) is 0. The van der Waals surface area contributed by atoms with E-state index in [2.05, 4.69) is 28.9 Å². The number of aliphatic hydroxyl groups excluding tert-OH is 1. The lowest BCUT2D eigenvalue weighted by atomic mass is 9.94. The van der Waals surface area contributed by atoms with Crippen LogP contribution in [0.4, 0.5) is 0 Å². The maximum Gasteiger partial charge on any atom is 0.209 e. The number of aliphatic hydroxyl groups is 1. The van der Waals surface area contributed by atoms with E-state index in [9.17, 15) is 5.11 Å². The van der Waals surface area contributed by atoms with Crippen LogP contribution in [0.25, 0.3) is 11.3 Å². The number of hydrogen-bond acceptors (Lipinski definition) is 5. The van der Waals surface area contributed by atoms with Gasteiger partial charge in [-0.15, -0.1) is 0 Å². The molecule has 1 N–H and O–H groups in total. The van der Waals surface area contributed by atoms with Crippen molar-refractivity contribution in [3.63, 3.8) is 0 Å². The van der Waals surface area contributed by atoms with Gasteiger partial charge >= 0.3 is 0 Å². The Labute approximate surface area is 148 Å². The van der Waals surface area contributed by atoms with Crippen molar-refractivity contribution in [1.82, 2.24) is 9.88 Å². The van der Waals surface area contributed by atoms with Crippen LogP contribution in [-0.2, 0) is 11.3 Å². The molecule has 3 atom stereocenters. The number of hydrogen-bond donors (Lipinski definition) is 1. The minimum Gasteiger partial charge on any atom is -0.439 e. The fourth-order valence-corrected chi connectivity index (χ4v) is 4.20. The quantitative estimate of drug-likeness (QED) is 0.925. The Bertz CT molecular complexity index is 714. The molecule has 134 valence electrons. The van der Waals surface area contributed by atoms with E-state index in [1.807, 2.05) is 18.3 Å². The molecule has 0 spiro atoms. The molecule has 2 aromatic rings. The Morgan fingerprint density at radius 1 is 1.28 bits per heavy atom. The maximum absolute atomic E-state index is 10.3. The van der Waals surface area contributed by atoms with E-state index in [1.165, 1.54) is 5.56 Å². The van der Waals surface area contributed by atoms with Crippen molar-refractivity contribution in [2.45, 2.75) is 44.9 Å². The van der Waals surface area contributed by atoms with E-state index in [0.29, 0.717) is 19.1 Å². The van der Waals surface area contributed by atoms with Crippen LogP contribution in [0, 0.1) is 12.8 Å². The van der Waals surface area contributed by atoms with Crippen molar-refractivity contribution >= 4 is 0 Å². The van der Waals surface area contributed by atoms with E-state index in [-0.39, 0.29) is 12.1 Å². The molecule has 5 nitrogen and oxygen atoms in total. The molecule has 4 rings (SSSR count). The third kappa shape index (κ3) is 3.50. The Kier molecular flexibility index (Phi) is 4.88. The van der Waals surface area contributed by atoms with Gasteiger partial charge in [-0.25, -0.2) is 4.98 Å². The second-order valence-corrected chi connectivity index (χ2v) is 7.21. The van der Waals surface area contributed by atoms with Gasteiger partial charge in [0.05, 0.1) is 32.1 Å². The lowest BCUT2D eigenvalue weighted by Crippen LogP contribution is -2.50. The third-order valence-corrected chi connectivity index (χ3v) is 5.61. The van der Waals surface area contributed by atoms with E-state index in [4.69, 9.17) is 9.15 Å². The fraction of sp³-hybridized carbons (Fsp3) is 0.550. The number of morpholine rings is 1. The highest BCUT2D eigenvalue weighted by Crippen LogP contribution is 2.33. The number of aromatic nitrogens is 1. The van der Waals surface area contributed by atoms with Crippen molar-refractivity contribution in [2.24, 2.45) is 5.92 Å². The summed E-state index contributed by atoms with van der Waals surface area (Å²) in [5.41, 5.74) is 2.27. The molecule has 1 saturated carbocycles. The molecule has 0 unspecified atom stereocenters. The molecule has 0 radical (unpaired) electrons. The van der Waals surface area contributed by atoms with Gasteiger partial charge in [0.15, 0.2) is 5.76 Å². The van der Waals surface area contributed by atoms with Gasteiger partial charge in [-0.05, 0) is 25.3 Å². The monoisotopic (exact) mass is 342 g/mol. The molecule has 25 heavy (non-hydrogen) atoms. The lowest BCUT2D eigenvalue weighted by molar-refractivity contribution is -0.0562. The molecule has 2 aliphatic rings. The smallest absolute Gasteiger partial charge is 0.209 e. The van der Waals surface area contributed by atoms with Crippen molar-refractivity contribution in [3.8, 4) is 11.3 Å². The molecule has 1 aromatic carbocycles. The Morgan fingerprint density at radius 3 is 2.96 bits per heavy atom. The molecular weight excluding hydrogens is 316 g/mol. The summed E-state index contributed by atoms with van der Waals surface area (Å²) >= 11 is 0. The normalized spacial score (nSPS) is 27.7. The zero-order chi connectivity index (χ0) is 17.2. The predicted molar refractivity (Wildman–Crippen MR) is 95.0 cm³/mol. The van der Waals surface area contributed by atoms with Crippen molar-refractivity contribution in [1.29, 1.82) is 0 Å². The number of benzene rings is 1. The van der Waals surface area contributed by atoms with Gasteiger partial charge in [0, 0.05) is 24.1 Å². The number of aryl methyl sites for hydroxylation is 1. The highest BCUT2D eigenvalue weighted by molar-refractivity contribution is 5.60. The Hall–Kier alpha value is -1.69. The first-order chi connectivity index (χ1) is 12.2. The summed E-state index contributed by atoms with van der Waals surface area (Å²) in [5, 5.41) is 10.3. The zero-order valence-corrected chi connectivity index (χ0v) is 14.7. The van der Waals surface area contributed by atoms with Gasteiger partial charge in [0.1, 0.15) is 0 Å². The largest absolute Gasteiger partial charge is 0.439 e. The van der Waals surface area contributed by atoms with Crippen molar-refractivity contribution in [3.05, 3.63) is 41.9 Å². The van der Waals surface area contributed by atoms with E-state index >= 15 is 0 Å². The maximum atomic E-state index is 10.3. The Morgan fingerprint density at radius 2 is 2.16 bits per heavy atom. The molecule has 0 amide bonds. The van der Waals surface area contributed by atoms with Gasteiger partial charge in [-0.2, -0.15) is 0 Å². The number of oxazole rings is 1.